The Morgan fingerprint density at radius 2 is 2.36 bits per heavy atom. The third-order valence-corrected chi connectivity index (χ3v) is 1.85. The molecule has 2 N–H and O–H groups in total. The smallest absolute Gasteiger partial charge is 0.217 e. The Balaban J connectivity index is 2.37. The summed E-state index contributed by atoms with van der Waals surface area (Å²) in [6, 6.07) is 0.137. The van der Waals surface area contributed by atoms with Gasteiger partial charge in [0.05, 0.1) is 12.1 Å². The zero-order chi connectivity index (χ0) is 8.27. The Hall–Kier alpha value is -0.610. The lowest BCUT2D eigenvalue weighted by Gasteiger charge is -2.16. The quantitative estimate of drug-likeness (QED) is 0.548. The zero-order valence-electron chi connectivity index (χ0n) is 6.89. The van der Waals surface area contributed by atoms with Crippen LogP contribution in [0.5, 0.6) is 0 Å². The molecule has 64 valence electrons. The molecule has 2 atom stereocenters. The minimum Gasteiger partial charge on any atom is -0.378 e. The van der Waals surface area contributed by atoms with Gasteiger partial charge in [0, 0.05) is 27.1 Å². The van der Waals surface area contributed by atoms with Crippen molar-refractivity contribution in [3.63, 3.8) is 0 Å². The van der Waals surface area contributed by atoms with Crippen LogP contribution < -0.4 is 10.6 Å². The molecule has 0 aliphatic carbocycles. The van der Waals surface area contributed by atoms with Crippen LogP contribution >= 0.6 is 0 Å². The molecule has 0 bridgehead atoms. The molecular weight excluding hydrogens is 144 g/mol. The molecule has 11 heavy (non-hydrogen) atoms. The van der Waals surface area contributed by atoms with E-state index in [0.717, 1.165) is 13.1 Å². The molecular formula is C7H14N2O2. The number of nitrogens with one attached hydrogen (secondary N) is 2. The van der Waals surface area contributed by atoms with Crippen molar-refractivity contribution in [3.05, 3.63) is 0 Å². The maximum atomic E-state index is 10.7. The molecule has 1 rings (SSSR count). The van der Waals surface area contributed by atoms with E-state index in [4.69, 9.17) is 4.74 Å². The van der Waals surface area contributed by atoms with Crippen LogP contribution in [0.3, 0.4) is 0 Å². The average molecular weight is 158 g/mol. The van der Waals surface area contributed by atoms with Crippen molar-refractivity contribution in [1.82, 2.24) is 10.6 Å². The van der Waals surface area contributed by atoms with E-state index in [1.807, 2.05) is 0 Å². The third kappa shape index (κ3) is 2.17. The highest BCUT2D eigenvalue weighted by Crippen LogP contribution is 2.02. The summed E-state index contributed by atoms with van der Waals surface area (Å²) in [7, 11) is 1.66. The van der Waals surface area contributed by atoms with Crippen LogP contribution in [0, 0.1) is 0 Å². The molecule has 1 unspecified atom stereocenters. The van der Waals surface area contributed by atoms with Crippen LogP contribution in [-0.4, -0.2) is 38.3 Å². The lowest BCUT2D eigenvalue weighted by Crippen LogP contribution is -2.42. The topological polar surface area (TPSA) is 50.4 Å². The van der Waals surface area contributed by atoms with Crippen molar-refractivity contribution in [3.8, 4) is 0 Å². The zero-order valence-corrected chi connectivity index (χ0v) is 6.89. The van der Waals surface area contributed by atoms with Gasteiger partial charge in [0.1, 0.15) is 0 Å². The number of carbonyl (C=O) groups is 1. The van der Waals surface area contributed by atoms with Crippen LogP contribution in [0.1, 0.15) is 6.92 Å². The fraction of sp³-hybridized carbons (Fsp3) is 0.857. The summed E-state index contributed by atoms with van der Waals surface area (Å²) >= 11 is 0. The number of hydrogen-bond donors (Lipinski definition) is 2. The molecule has 0 radical (unpaired) electrons. The fourth-order valence-electron chi connectivity index (χ4n) is 1.31. The maximum Gasteiger partial charge on any atom is 0.217 e. The standard InChI is InChI=1S/C7H14N2O2/c1-5(10)9-6-3-8-4-7(6)11-2/h6-8H,3-4H2,1-2H3,(H,9,10)/t6?,7-/m0/s1. The van der Waals surface area contributed by atoms with E-state index in [1.165, 1.54) is 6.92 Å². The van der Waals surface area contributed by atoms with Gasteiger partial charge >= 0.3 is 0 Å². The summed E-state index contributed by atoms with van der Waals surface area (Å²) in [5.41, 5.74) is 0. The van der Waals surface area contributed by atoms with E-state index in [0.29, 0.717) is 0 Å². The normalized spacial score (nSPS) is 30.4. The first kappa shape index (κ1) is 8.49. The Morgan fingerprint density at radius 1 is 1.64 bits per heavy atom. The van der Waals surface area contributed by atoms with Crippen LogP contribution in [0.4, 0.5) is 0 Å². The minimum atomic E-state index is 0.000694. The molecule has 1 aliphatic rings. The second-order valence-corrected chi connectivity index (χ2v) is 2.74. The highest BCUT2D eigenvalue weighted by molar-refractivity contribution is 5.73. The van der Waals surface area contributed by atoms with E-state index >= 15 is 0 Å². The van der Waals surface area contributed by atoms with Crippen molar-refractivity contribution in [1.29, 1.82) is 0 Å². The number of ether oxygens (including phenoxy) is 1. The maximum absolute atomic E-state index is 10.7. The number of methoxy groups -OCH3 is 1. The van der Waals surface area contributed by atoms with Gasteiger partial charge in [-0.05, 0) is 0 Å². The van der Waals surface area contributed by atoms with Gasteiger partial charge in [-0.3, -0.25) is 4.79 Å². The predicted octanol–water partition coefficient (Wildman–Crippen LogP) is -0.891. The van der Waals surface area contributed by atoms with Gasteiger partial charge in [-0.25, -0.2) is 0 Å². The van der Waals surface area contributed by atoms with E-state index in [-0.39, 0.29) is 18.1 Å². The van der Waals surface area contributed by atoms with Gasteiger partial charge in [-0.2, -0.15) is 0 Å². The van der Waals surface area contributed by atoms with E-state index in [2.05, 4.69) is 10.6 Å². The molecule has 1 amide bonds. The first-order valence-electron chi connectivity index (χ1n) is 3.74. The molecule has 0 aromatic carbocycles. The van der Waals surface area contributed by atoms with E-state index in [1.54, 1.807) is 7.11 Å². The molecule has 4 heteroatoms. The number of hydrogen-bond acceptors (Lipinski definition) is 3. The van der Waals surface area contributed by atoms with Crippen LogP contribution in [0.15, 0.2) is 0 Å². The Bertz CT molecular complexity index is 149. The summed E-state index contributed by atoms with van der Waals surface area (Å²) in [4.78, 5) is 10.7. The van der Waals surface area contributed by atoms with Crippen molar-refractivity contribution in [2.24, 2.45) is 0 Å². The molecule has 1 aliphatic heterocycles. The molecule has 0 aromatic rings. The van der Waals surface area contributed by atoms with Gasteiger partial charge in [0.2, 0.25) is 5.91 Å². The summed E-state index contributed by atoms with van der Waals surface area (Å²) in [5, 5.41) is 5.96. The minimum absolute atomic E-state index is 0.000694. The van der Waals surface area contributed by atoms with Crippen molar-refractivity contribution in [2.45, 2.75) is 19.1 Å². The lowest BCUT2D eigenvalue weighted by atomic mass is 10.2. The third-order valence-electron chi connectivity index (χ3n) is 1.85. The van der Waals surface area contributed by atoms with Crippen LogP contribution in [0.25, 0.3) is 0 Å². The molecule has 0 saturated carbocycles. The number of carbonyl (C=O) groups excluding carboxylic acids is 1. The summed E-state index contributed by atoms with van der Waals surface area (Å²) < 4.78 is 5.15. The SMILES string of the molecule is CO[C@H]1CNCC1NC(C)=O. The lowest BCUT2D eigenvalue weighted by molar-refractivity contribution is -0.120. The predicted molar refractivity (Wildman–Crippen MR) is 41.3 cm³/mol. The Kier molecular flexibility index (Phi) is 2.84. The second-order valence-electron chi connectivity index (χ2n) is 2.74. The summed E-state index contributed by atoms with van der Waals surface area (Å²) in [6.07, 6.45) is 0.124. The highest BCUT2D eigenvalue weighted by atomic mass is 16.5. The van der Waals surface area contributed by atoms with Gasteiger partial charge in [0.25, 0.3) is 0 Å². The molecule has 0 aromatic heterocycles. The number of rotatable bonds is 2. The molecule has 1 saturated heterocycles. The van der Waals surface area contributed by atoms with E-state index < -0.39 is 0 Å². The first-order valence-corrected chi connectivity index (χ1v) is 3.74. The van der Waals surface area contributed by atoms with E-state index in [9.17, 15) is 4.79 Å². The molecule has 1 fully saturated rings. The summed E-state index contributed by atoms with van der Waals surface area (Å²) in [5.74, 6) is 0.000694. The van der Waals surface area contributed by atoms with Gasteiger partial charge in [-0.1, -0.05) is 0 Å². The largest absolute Gasteiger partial charge is 0.378 e. The molecule has 1 heterocycles. The fourth-order valence-corrected chi connectivity index (χ4v) is 1.31. The second kappa shape index (κ2) is 3.69. The van der Waals surface area contributed by atoms with Crippen molar-refractivity contribution in [2.75, 3.05) is 20.2 Å². The first-order chi connectivity index (χ1) is 5.24. The van der Waals surface area contributed by atoms with Crippen molar-refractivity contribution >= 4 is 5.91 Å². The molecule has 4 nitrogen and oxygen atoms in total. The van der Waals surface area contributed by atoms with Crippen molar-refractivity contribution < 1.29 is 9.53 Å². The van der Waals surface area contributed by atoms with Crippen LogP contribution in [0.2, 0.25) is 0 Å². The monoisotopic (exact) mass is 158 g/mol. The van der Waals surface area contributed by atoms with Crippen LogP contribution in [-0.2, 0) is 9.53 Å². The summed E-state index contributed by atoms with van der Waals surface area (Å²) in [6.45, 7) is 3.14. The Morgan fingerprint density at radius 3 is 2.91 bits per heavy atom. The van der Waals surface area contributed by atoms with Gasteiger partial charge in [0.15, 0.2) is 0 Å². The highest BCUT2D eigenvalue weighted by Gasteiger charge is 2.26. The number of amides is 1. The Labute approximate surface area is 66.3 Å². The van der Waals surface area contributed by atoms with Gasteiger partial charge < -0.3 is 15.4 Å². The van der Waals surface area contributed by atoms with Gasteiger partial charge in [-0.15, -0.1) is 0 Å². The molecule has 0 spiro atoms. The average Bonchev–Trinajstić information content (AvgIpc) is 2.34.